The van der Waals surface area contributed by atoms with Gasteiger partial charge in [-0.3, -0.25) is 0 Å². The number of aromatic nitrogens is 4. The fourth-order valence-electron chi connectivity index (χ4n) is 2.47. The molecule has 5 heteroatoms. The van der Waals surface area contributed by atoms with Gasteiger partial charge in [-0.15, -0.1) is 0 Å². The van der Waals surface area contributed by atoms with Crippen LogP contribution in [0.25, 0.3) is 22.1 Å². The zero-order chi connectivity index (χ0) is 14.2. The van der Waals surface area contributed by atoms with Gasteiger partial charge in [-0.2, -0.15) is 0 Å². The van der Waals surface area contributed by atoms with Crippen molar-refractivity contribution in [3.63, 3.8) is 0 Å². The fourth-order valence-corrected chi connectivity index (χ4v) is 2.47. The molecule has 0 aliphatic rings. The number of hydrogen-bond donors (Lipinski definition) is 3. The first-order valence-corrected chi connectivity index (χ1v) is 6.95. The molecule has 4 aromatic rings. The van der Waals surface area contributed by atoms with Crippen LogP contribution < -0.4 is 5.32 Å². The Kier molecular flexibility index (Phi) is 2.64. The van der Waals surface area contributed by atoms with Gasteiger partial charge >= 0.3 is 0 Å². The van der Waals surface area contributed by atoms with E-state index in [9.17, 15) is 0 Å². The second-order valence-electron chi connectivity index (χ2n) is 5.11. The van der Waals surface area contributed by atoms with E-state index in [4.69, 9.17) is 0 Å². The van der Waals surface area contributed by atoms with Gasteiger partial charge in [-0.1, -0.05) is 24.3 Å². The van der Waals surface area contributed by atoms with Gasteiger partial charge in [0.05, 0.1) is 28.1 Å². The van der Waals surface area contributed by atoms with Crippen LogP contribution in [0.2, 0.25) is 0 Å². The van der Waals surface area contributed by atoms with Crippen LogP contribution >= 0.6 is 0 Å². The smallest absolute Gasteiger partial charge is 0.201 e. The zero-order valence-corrected chi connectivity index (χ0v) is 11.6. The molecule has 0 aliphatic heterocycles. The van der Waals surface area contributed by atoms with Crippen LogP contribution in [0.4, 0.5) is 5.95 Å². The number of nitrogens with one attached hydrogen (secondary N) is 3. The van der Waals surface area contributed by atoms with Gasteiger partial charge in [0.1, 0.15) is 5.82 Å². The van der Waals surface area contributed by atoms with Crippen LogP contribution in [0.5, 0.6) is 0 Å². The monoisotopic (exact) mass is 277 g/mol. The average Bonchev–Trinajstić information content (AvgIpc) is 3.10. The maximum Gasteiger partial charge on any atom is 0.201 e. The number of benzene rings is 2. The molecule has 0 amide bonds. The normalized spacial score (nSPS) is 12.8. The number of fused-ring (bicyclic) bond motifs is 2. The standard InChI is InChI=1S/C16H15N5/c1-10(15-18-11-6-2-3-7-12(11)19-15)17-16-20-13-8-4-5-9-14(13)21-16/h2-10H,1H3,(H,18,19)(H2,17,20,21). The maximum atomic E-state index is 4.60. The van der Waals surface area contributed by atoms with E-state index in [1.54, 1.807) is 0 Å². The number of anilines is 1. The van der Waals surface area contributed by atoms with Crippen molar-refractivity contribution >= 4 is 28.0 Å². The van der Waals surface area contributed by atoms with Crippen molar-refractivity contribution in [1.82, 2.24) is 19.9 Å². The molecule has 21 heavy (non-hydrogen) atoms. The maximum absolute atomic E-state index is 4.60. The van der Waals surface area contributed by atoms with Gasteiger partial charge in [-0.05, 0) is 31.2 Å². The molecule has 2 aromatic heterocycles. The van der Waals surface area contributed by atoms with E-state index in [0.717, 1.165) is 33.8 Å². The van der Waals surface area contributed by atoms with Gasteiger partial charge in [0.15, 0.2) is 0 Å². The molecule has 0 fully saturated rings. The lowest BCUT2D eigenvalue weighted by Gasteiger charge is -2.09. The van der Waals surface area contributed by atoms with E-state index in [-0.39, 0.29) is 6.04 Å². The van der Waals surface area contributed by atoms with Gasteiger partial charge in [-0.25, -0.2) is 9.97 Å². The van der Waals surface area contributed by atoms with Crippen molar-refractivity contribution in [2.45, 2.75) is 13.0 Å². The lowest BCUT2D eigenvalue weighted by molar-refractivity contribution is 0.804. The molecule has 1 unspecified atom stereocenters. The van der Waals surface area contributed by atoms with Gasteiger partial charge < -0.3 is 15.3 Å². The summed E-state index contributed by atoms with van der Waals surface area (Å²) in [5.74, 6) is 1.65. The predicted octanol–water partition coefficient (Wildman–Crippen LogP) is 3.61. The van der Waals surface area contributed by atoms with Gasteiger partial charge in [0.25, 0.3) is 0 Å². The Bertz CT molecular complexity index is 839. The number of H-pyrrole nitrogens is 2. The van der Waals surface area contributed by atoms with E-state index in [1.165, 1.54) is 0 Å². The second kappa shape index (κ2) is 4.63. The molecular formula is C16H15N5. The number of para-hydroxylation sites is 4. The molecule has 4 rings (SSSR count). The zero-order valence-electron chi connectivity index (χ0n) is 11.6. The SMILES string of the molecule is CC(Nc1nc2ccccc2[nH]1)c1nc2ccccc2[nH]1. The first kappa shape index (κ1) is 12.0. The number of hydrogen-bond acceptors (Lipinski definition) is 3. The van der Waals surface area contributed by atoms with Crippen molar-refractivity contribution in [3.05, 3.63) is 54.4 Å². The molecule has 5 nitrogen and oxygen atoms in total. The molecule has 0 saturated heterocycles. The molecule has 0 radical (unpaired) electrons. The molecule has 1 atom stereocenters. The Morgan fingerprint density at radius 2 is 1.48 bits per heavy atom. The second-order valence-corrected chi connectivity index (χ2v) is 5.11. The quantitative estimate of drug-likeness (QED) is 0.535. The van der Waals surface area contributed by atoms with Crippen molar-refractivity contribution in [2.24, 2.45) is 0 Å². The molecule has 2 heterocycles. The number of imidazole rings is 2. The summed E-state index contributed by atoms with van der Waals surface area (Å²) in [4.78, 5) is 15.7. The van der Waals surface area contributed by atoms with Crippen LogP contribution in [0, 0.1) is 0 Å². The third kappa shape index (κ3) is 2.12. The minimum atomic E-state index is 0.0398. The minimum Gasteiger partial charge on any atom is -0.346 e. The Morgan fingerprint density at radius 3 is 2.14 bits per heavy atom. The van der Waals surface area contributed by atoms with E-state index in [1.807, 2.05) is 48.5 Å². The minimum absolute atomic E-state index is 0.0398. The fraction of sp³-hybridized carbons (Fsp3) is 0.125. The number of aromatic amines is 2. The number of rotatable bonds is 3. The van der Waals surface area contributed by atoms with E-state index < -0.39 is 0 Å². The highest BCUT2D eigenvalue weighted by molar-refractivity contribution is 5.77. The van der Waals surface area contributed by atoms with Crippen molar-refractivity contribution < 1.29 is 0 Å². The highest BCUT2D eigenvalue weighted by Crippen LogP contribution is 2.20. The molecule has 3 N–H and O–H groups in total. The predicted molar refractivity (Wildman–Crippen MR) is 84.2 cm³/mol. The summed E-state index contributed by atoms with van der Waals surface area (Å²) in [7, 11) is 0. The molecule has 0 aliphatic carbocycles. The summed E-state index contributed by atoms with van der Waals surface area (Å²) >= 11 is 0. The summed E-state index contributed by atoms with van der Waals surface area (Å²) < 4.78 is 0. The highest BCUT2D eigenvalue weighted by Gasteiger charge is 2.12. The van der Waals surface area contributed by atoms with Crippen molar-refractivity contribution in [2.75, 3.05) is 5.32 Å². The third-order valence-corrected chi connectivity index (χ3v) is 3.56. The molecule has 0 spiro atoms. The largest absolute Gasteiger partial charge is 0.346 e. The van der Waals surface area contributed by atoms with E-state index in [2.05, 4.69) is 32.2 Å². The first-order chi connectivity index (χ1) is 10.3. The van der Waals surface area contributed by atoms with Crippen molar-refractivity contribution in [3.8, 4) is 0 Å². The van der Waals surface area contributed by atoms with E-state index >= 15 is 0 Å². The molecule has 0 saturated carbocycles. The summed E-state index contributed by atoms with van der Waals surface area (Å²) in [5, 5.41) is 3.35. The summed E-state index contributed by atoms with van der Waals surface area (Å²) in [6.07, 6.45) is 0. The number of nitrogens with zero attached hydrogens (tertiary/aromatic N) is 2. The van der Waals surface area contributed by atoms with Crippen LogP contribution in [-0.4, -0.2) is 19.9 Å². The highest BCUT2D eigenvalue weighted by atomic mass is 15.1. The van der Waals surface area contributed by atoms with E-state index in [0.29, 0.717) is 0 Å². The Hall–Kier alpha value is -2.82. The van der Waals surface area contributed by atoms with Crippen LogP contribution in [0.1, 0.15) is 18.8 Å². The summed E-state index contributed by atoms with van der Waals surface area (Å²) in [6, 6.07) is 16.0. The molecule has 104 valence electrons. The van der Waals surface area contributed by atoms with Gasteiger partial charge in [0, 0.05) is 0 Å². The Morgan fingerprint density at radius 1 is 0.857 bits per heavy atom. The van der Waals surface area contributed by atoms with Gasteiger partial charge in [0.2, 0.25) is 5.95 Å². The van der Waals surface area contributed by atoms with Crippen LogP contribution in [-0.2, 0) is 0 Å². The average molecular weight is 277 g/mol. The lowest BCUT2D eigenvalue weighted by atomic mass is 10.3. The molecular weight excluding hydrogens is 262 g/mol. The Balaban J connectivity index is 1.63. The Labute approximate surface area is 121 Å². The van der Waals surface area contributed by atoms with Crippen LogP contribution in [0.3, 0.4) is 0 Å². The summed E-state index contributed by atoms with van der Waals surface area (Å²) in [6.45, 7) is 2.06. The lowest BCUT2D eigenvalue weighted by Crippen LogP contribution is -2.09. The van der Waals surface area contributed by atoms with Crippen LogP contribution in [0.15, 0.2) is 48.5 Å². The van der Waals surface area contributed by atoms with Crippen molar-refractivity contribution in [1.29, 1.82) is 0 Å². The molecule has 0 bridgehead atoms. The topological polar surface area (TPSA) is 69.4 Å². The molecule has 2 aromatic carbocycles. The third-order valence-electron chi connectivity index (χ3n) is 3.56. The first-order valence-electron chi connectivity index (χ1n) is 6.95. The summed E-state index contributed by atoms with van der Waals surface area (Å²) in [5.41, 5.74) is 4.00.